The van der Waals surface area contributed by atoms with Crippen molar-refractivity contribution >= 4 is 0 Å². The first-order valence-electron chi connectivity index (χ1n) is 7.00. The number of ether oxygens (including phenoxy) is 1. The third-order valence-corrected chi connectivity index (χ3v) is 3.64. The average molecular weight is 249 g/mol. The molecule has 1 N–H and O–H groups in total. The number of hydrogen-bond donors (Lipinski definition) is 1. The Kier molecular flexibility index (Phi) is 6.20. The molecule has 0 saturated carbocycles. The number of nitrogens with one attached hydrogen (secondary N) is 1. The van der Waals surface area contributed by atoms with Crippen LogP contribution < -0.4 is 10.1 Å². The number of rotatable bonds is 7. The van der Waals surface area contributed by atoms with Gasteiger partial charge in [0.25, 0.3) is 0 Å². The summed E-state index contributed by atoms with van der Waals surface area (Å²) in [5, 5.41) is 3.60. The lowest BCUT2D eigenvalue weighted by atomic mass is 9.91. The van der Waals surface area contributed by atoms with Gasteiger partial charge in [-0.3, -0.25) is 0 Å². The van der Waals surface area contributed by atoms with Gasteiger partial charge in [-0.05, 0) is 49.1 Å². The van der Waals surface area contributed by atoms with Gasteiger partial charge in [0.15, 0.2) is 0 Å². The summed E-state index contributed by atoms with van der Waals surface area (Å²) in [6.45, 7) is 9.92. The van der Waals surface area contributed by atoms with Crippen LogP contribution in [0.4, 0.5) is 0 Å². The van der Waals surface area contributed by atoms with Crippen molar-refractivity contribution in [3.8, 4) is 5.75 Å². The van der Waals surface area contributed by atoms with Crippen LogP contribution in [0.15, 0.2) is 18.2 Å². The van der Waals surface area contributed by atoms with Crippen molar-refractivity contribution in [2.75, 3.05) is 13.7 Å². The van der Waals surface area contributed by atoms with Crippen LogP contribution >= 0.6 is 0 Å². The largest absolute Gasteiger partial charge is 0.497 e. The summed E-state index contributed by atoms with van der Waals surface area (Å²) in [6, 6.07) is 6.83. The lowest BCUT2D eigenvalue weighted by molar-refractivity contribution is 0.403. The normalized spacial score (nSPS) is 14.3. The van der Waals surface area contributed by atoms with E-state index in [9.17, 15) is 0 Å². The first kappa shape index (κ1) is 15.0. The third-order valence-electron chi connectivity index (χ3n) is 3.64. The minimum atomic E-state index is 0.454. The van der Waals surface area contributed by atoms with E-state index in [1.807, 2.05) is 0 Å². The molecule has 18 heavy (non-hydrogen) atoms. The molecule has 0 amide bonds. The standard InChI is InChI=1S/C16H27NO/c1-6-12(3)10-16(17-7-2)15-9-8-14(18-5)11-13(15)4/h8-9,11-12,16-17H,6-7,10H2,1-5H3. The quantitative estimate of drug-likeness (QED) is 0.786. The van der Waals surface area contributed by atoms with Crippen molar-refractivity contribution in [2.45, 2.75) is 46.6 Å². The number of aryl methyl sites for hydroxylation is 1. The molecular formula is C16H27NO. The zero-order chi connectivity index (χ0) is 13.5. The van der Waals surface area contributed by atoms with E-state index in [2.05, 4.69) is 51.2 Å². The molecule has 1 aromatic carbocycles. The molecule has 0 aliphatic rings. The van der Waals surface area contributed by atoms with Crippen molar-refractivity contribution in [1.29, 1.82) is 0 Å². The highest BCUT2D eigenvalue weighted by Gasteiger charge is 2.15. The third kappa shape index (κ3) is 4.02. The molecule has 0 spiro atoms. The van der Waals surface area contributed by atoms with E-state index in [0.29, 0.717) is 6.04 Å². The summed E-state index contributed by atoms with van der Waals surface area (Å²) in [5.74, 6) is 1.69. The molecule has 102 valence electrons. The number of benzene rings is 1. The van der Waals surface area contributed by atoms with Crippen molar-refractivity contribution in [2.24, 2.45) is 5.92 Å². The summed E-state index contributed by atoms with van der Waals surface area (Å²) < 4.78 is 5.27. The van der Waals surface area contributed by atoms with E-state index < -0.39 is 0 Å². The minimum Gasteiger partial charge on any atom is -0.497 e. The molecule has 0 bridgehead atoms. The molecule has 2 unspecified atom stereocenters. The average Bonchev–Trinajstić information content (AvgIpc) is 2.38. The first-order chi connectivity index (χ1) is 8.62. The monoisotopic (exact) mass is 249 g/mol. The van der Waals surface area contributed by atoms with E-state index in [0.717, 1.165) is 18.2 Å². The molecule has 0 aromatic heterocycles. The smallest absolute Gasteiger partial charge is 0.119 e. The maximum atomic E-state index is 5.27. The highest BCUT2D eigenvalue weighted by Crippen LogP contribution is 2.27. The van der Waals surface area contributed by atoms with E-state index in [-0.39, 0.29) is 0 Å². The molecule has 0 aliphatic heterocycles. The van der Waals surface area contributed by atoms with Gasteiger partial charge in [-0.2, -0.15) is 0 Å². The first-order valence-corrected chi connectivity index (χ1v) is 7.00. The van der Waals surface area contributed by atoms with Crippen LogP contribution in [0.5, 0.6) is 5.75 Å². The molecule has 2 atom stereocenters. The second-order valence-corrected chi connectivity index (χ2v) is 5.08. The molecule has 0 fully saturated rings. The second-order valence-electron chi connectivity index (χ2n) is 5.08. The van der Waals surface area contributed by atoms with Crippen LogP contribution in [0.2, 0.25) is 0 Å². The van der Waals surface area contributed by atoms with Crippen molar-refractivity contribution in [3.63, 3.8) is 0 Å². The Labute approximate surface area is 112 Å². The molecule has 2 heteroatoms. The Bertz CT molecular complexity index is 362. The van der Waals surface area contributed by atoms with Gasteiger partial charge in [-0.15, -0.1) is 0 Å². The molecule has 2 nitrogen and oxygen atoms in total. The van der Waals surface area contributed by atoms with E-state index >= 15 is 0 Å². The fourth-order valence-corrected chi connectivity index (χ4v) is 2.30. The van der Waals surface area contributed by atoms with Crippen LogP contribution in [0.25, 0.3) is 0 Å². The zero-order valence-electron chi connectivity index (χ0n) is 12.4. The van der Waals surface area contributed by atoms with Crippen molar-refractivity contribution in [3.05, 3.63) is 29.3 Å². The van der Waals surface area contributed by atoms with Crippen molar-refractivity contribution < 1.29 is 4.74 Å². The van der Waals surface area contributed by atoms with Crippen LogP contribution in [-0.2, 0) is 0 Å². The summed E-state index contributed by atoms with van der Waals surface area (Å²) in [7, 11) is 1.72. The fraction of sp³-hybridized carbons (Fsp3) is 0.625. The topological polar surface area (TPSA) is 21.3 Å². The van der Waals surface area contributed by atoms with Gasteiger partial charge in [-0.1, -0.05) is 33.3 Å². The molecule has 0 heterocycles. The zero-order valence-corrected chi connectivity index (χ0v) is 12.4. The molecule has 0 aliphatic carbocycles. The lowest BCUT2D eigenvalue weighted by Crippen LogP contribution is -2.23. The number of methoxy groups -OCH3 is 1. The molecule has 0 radical (unpaired) electrons. The van der Waals surface area contributed by atoms with E-state index in [4.69, 9.17) is 4.74 Å². The molecular weight excluding hydrogens is 222 g/mol. The summed E-state index contributed by atoms with van der Waals surface area (Å²) >= 11 is 0. The fourth-order valence-electron chi connectivity index (χ4n) is 2.30. The van der Waals surface area contributed by atoms with Crippen LogP contribution in [0.1, 0.15) is 50.8 Å². The Morgan fingerprint density at radius 2 is 2.00 bits per heavy atom. The highest BCUT2D eigenvalue weighted by atomic mass is 16.5. The van der Waals surface area contributed by atoms with Gasteiger partial charge in [0.2, 0.25) is 0 Å². The van der Waals surface area contributed by atoms with Gasteiger partial charge in [0.05, 0.1) is 7.11 Å². The van der Waals surface area contributed by atoms with Gasteiger partial charge in [0.1, 0.15) is 5.75 Å². The maximum Gasteiger partial charge on any atom is 0.119 e. The van der Waals surface area contributed by atoms with E-state index in [1.54, 1.807) is 7.11 Å². The summed E-state index contributed by atoms with van der Waals surface area (Å²) in [6.07, 6.45) is 2.43. The predicted octanol–water partition coefficient (Wildman–Crippen LogP) is 4.09. The van der Waals surface area contributed by atoms with Gasteiger partial charge in [0, 0.05) is 6.04 Å². The minimum absolute atomic E-state index is 0.454. The van der Waals surface area contributed by atoms with Gasteiger partial charge in [-0.25, -0.2) is 0 Å². The SMILES string of the molecule is CCNC(CC(C)CC)c1ccc(OC)cc1C. The predicted molar refractivity (Wildman–Crippen MR) is 78.2 cm³/mol. The van der Waals surface area contributed by atoms with Crippen LogP contribution in [0.3, 0.4) is 0 Å². The Morgan fingerprint density at radius 1 is 1.28 bits per heavy atom. The second kappa shape index (κ2) is 7.42. The maximum absolute atomic E-state index is 5.27. The molecule has 1 rings (SSSR count). The lowest BCUT2D eigenvalue weighted by Gasteiger charge is -2.23. The number of hydrogen-bond acceptors (Lipinski definition) is 2. The Hall–Kier alpha value is -1.02. The molecule has 1 aromatic rings. The summed E-state index contributed by atoms with van der Waals surface area (Å²) in [5.41, 5.74) is 2.71. The summed E-state index contributed by atoms with van der Waals surface area (Å²) in [4.78, 5) is 0. The molecule has 0 saturated heterocycles. The van der Waals surface area contributed by atoms with Crippen LogP contribution in [0, 0.1) is 12.8 Å². The van der Waals surface area contributed by atoms with Crippen molar-refractivity contribution in [1.82, 2.24) is 5.32 Å². The Balaban J connectivity index is 2.90. The van der Waals surface area contributed by atoms with E-state index in [1.165, 1.54) is 24.0 Å². The van der Waals surface area contributed by atoms with Gasteiger partial charge < -0.3 is 10.1 Å². The Morgan fingerprint density at radius 3 is 2.50 bits per heavy atom. The van der Waals surface area contributed by atoms with Crippen LogP contribution in [-0.4, -0.2) is 13.7 Å². The highest BCUT2D eigenvalue weighted by molar-refractivity contribution is 5.36. The van der Waals surface area contributed by atoms with Gasteiger partial charge >= 0.3 is 0 Å².